The van der Waals surface area contributed by atoms with Crippen LogP contribution in [0.15, 0.2) is 0 Å². The van der Waals surface area contributed by atoms with Gasteiger partial charge in [-0.1, -0.05) is 25.7 Å². The SMILES string of the molecule is C1CCC1.F. The van der Waals surface area contributed by atoms with Gasteiger partial charge in [0.1, 0.15) is 0 Å². The highest BCUT2D eigenvalue weighted by molar-refractivity contribution is 4.50. The Bertz CT molecular complexity index is 11.6. The molecule has 1 heteroatoms. The molecule has 0 unspecified atom stereocenters. The van der Waals surface area contributed by atoms with Gasteiger partial charge in [0, 0.05) is 0 Å². The molecule has 0 aromatic carbocycles. The summed E-state index contributed by atoms with van der Waals surface area (Å²) in [5.41, 5.74) is 0. The fourth-order valence-electron chi connectivity index (χ4n) is 0.250. The lowest BCUT2D eigenvalue weighted by Crippen LogP contribution is -1.85. The summed E-state index contributed by atoms with van der Waals surface area (Å²) in [4.78, 5) is 0. The molecule has 0 N–H and O–H groups in total. The van der Waals surface area contributed by atoms with E-state index in [0.717, 1.165) is 0 Å². The van der Waals surface area contributed by atoms with Gasteiger partial charge in [-0.15, -0.1) is 0 Å². The molecule has 0 aromatic rings. The molecule has 0 saturated heterocycles. The Labute approximate surface area is 31.6 Å². The Morgan fingerprint density at radius 3 is 0.800 bits per heavy atom. The zero-order chi connectivity index (χ0) is 2.83. The molecule has 0 spiro atoms. The quantitative estimate of drug-likeness (QED) is 0.412. The van der Waals surface area contributed by atoms with Crippen molar-refractivity contribution < 1.29 is 4.70 Å². The molecule has 0 bridgehead atoms. The molecule has 0 amide bonds. The van der Waals surface area contributed by atoms with Crippen molar-refractivity contribution >= 4 is 0 Å². The predicted octanol–water partition coefficient (Wildman–Crippen LogP) is 1.71. The van der Waals surface area contributed by atoms with Gasteiger partial charge in [-0.25, -0.2) is 0 Å². The molecule has 0 radical (unpaired) electrons. The molecule has 1 aliphatic carbocycles. The lowest BCUT2D eigenvalue weighted by atomic mass is 10.0. The van der Waals surface area contributed by atoms with Crippen LogP contribution in [0.1, 0.15) is 25.7 Å². The van der Waals surface area contributed by atoms with Gasteiger partial charge in [0.15, 0.2) is 0 Å². The van der Waals surface area contributed by atoms with Crippen molar-refractivity contribution in [3.8, 4) is 0 Å². The van der Waals surface area contributed by atoms with Crippen LogP contribution in [0.2, 0.25) is 0 Å². The fourth-order valence-corrected chi connectivity index (χ4v) is 0.250. The highest BCUT2D eigenvalue weighted by Gasteiger charge is 1.95. The normalized spacial score (nSPS) is 19.2. The molecule has 1 fully saturated rings. The van der Waals surface area contributed by atoms with Gasteiger partial charge in [-0.05, 0) is 0 Å². The first-order valence-electron chi connectivity index (χ1n) is 2.00. The van der Waals surface area contributed by atoms with Crippen LogP contribution in [0.4, 0.5) is 4.70 Å². The van der Waals surface area contributed by atoms with Crippen molar-refractivity contribution in [2.24, 2.45) is 0 Å². The van der Waals surface area contributed by atoms with E-state index in [-0.39, 0.29) is 4.70 Å². The van der Waals surface area contributed by atoms with Gasteiger partial charge in [0.25, 0.3) is 0 Å². The first-order valence-corrected chi connectivity index (χ1v) is 2.00. The molecule has 1 rings (SSSR count). The molecule has 1 aliphatic rings. The van der Waals surface area contributed by atoms with E-state index < -0.39 is 0 Å². The van der Waals surface area contributed by atoms with E-state index in [1.54, 1.807) is 0 Å². The summed E-state index contributed by atoms with van der Waals surface area (Å²) in [5, 5.41) is 0. The van der Waals surface area contributed by atoms with E-state index in [4.69, 9.17) is 0 Å². The number of hydrogen-bond donors (Lipinski definition) is 0. The summed E-state index contributed by atoms with van der Waals surface area (Å²) in [7, 11) is 0. The summed E-state index contributed by atoms with van der Waals surface area (Å²) in [6.07, 6.45) is 6.00. The van der Waals surface area contributed by atoms with Crippen LogP contribution in [0.3, 0.4) is 0 Å². The monoisotopic (exact) mass is 76.1 g/mol. The average Bonchev–Trinajstić information content (AvgIpc) is 0.722. The van der Waals surface area contributed by atoms with Crippen molar-refractivity contribution in [2.75, 3.05) is 0 Å². The molecule has 0 aliphatic heterocycles. The largest absolute Gasteiger partial charge is 0.269 e. The standard InChI is InChI=1S/C4H8.FH/c1-2-4-3-1;/h1-4H2;1H. The highest BCUT2D eigenvalue weighted by atomic mass is 19.0. The Hall–Kier alpha value is -0.0700. The van der Waals surface area contributed by atoms with Gasteiger partial charge >= 0.3 is 0 Å². The second-order valence-corrected chi connectivity index (χ2v) is 1.41. The minimum Gasteiger partial charge on any atom is -0.269 e. The molecular formula is C4H9F. The molecule has 0 atom stereocenters. The van der Waals surface area contributed by atoms with E-state index in [9.17, 15) is 0 Å². The van der Waals surface area contributed by atoms with E-state index in [0.29, 0.717) is 0 Å². The van der Waals surface area contributed by atoms with Crippen LogP contribution < -0.4 is 0 Å². The van der Waals surface area contributed by atoms with E-state index in [2.05, 4.69) is 0 Å². The topological polar surface area (TPSA) is 0 Å². The minimum atomic E-state index is 0. The average molecular weight is 76.1 g/mol. The predicted molar refractivity (Wildman–Crippen MR) is 21.0 cm³/mol. The van der Waals surface area contributed by atoms with Crippen LogP contribution >= 0.6 is 0 Å². The van der Waals surface area contributed by atoms with E-state index in [1.807, 2.05) is 0 Å². The summed E-state index contributed by atoms with van der Waals surface area (Å²) in [5.74, 6) is 0. The van der Waals surface area contributed by atoms with Crippen molar-refractivity contribution in [1.29, 1.82) is 0 Å². The maximum Gasteiger partial charge on any atom is -0.0533 e. The Kier molecular flexibility index (Phi) is 2.15. The molecule has 32 valence electrons. The van der Waals surface area contributed by atoms with Crippen LogP contribution in [-0.4, -0.2) is 0 Å². The molecule has 0 aromatic heterocycles. The summed E-state index contributed by atoms with van der Waals surface area (Å²) >= 11 is 0. The zero-order valence-electron chi connectivity index (χ0n) is 3.24. The molecule has 0 heterocycles. The Balaban J connectivity index is 0.000000160. The summed E-state index contributed by atoms with van der Waals surface area (Å²) in [6.45, 7) is 0. The molecule has 0 nitrogen and oxygen atoms in total. The molecule has 1 saturated carbocycles. The second kappa shape index (κ2) is 2.18. The molecule has 5 heavy (non-hydrogen) atoms. The van der Waals surface area contributed by atoms with Crippen LogP contribution in [0, 0.1) is 0 Å². The van der Waals surface area contributed by atoms with Crippen molar-refractivity contribution in [1.82, 2.24) is 0 Å². The third-order valence-corrected chi connectivity index (χ3v) is 1.000. The van der Waals surface area contributed by atoms with Gasteiger partial charge in [-0.3, -0.25) is 4.70 Å². The smallest absolute Gasteiger partial charge is 0.0533 e. The van der Waals surface area contributed by atoms with Gasteiger partial charge in [0.05, 0.1) is 0 Å². The van der Waals surface area contributed by atoms with Crippen molar-refractivity contribution in [2.45, 2.75) is 25.7 Å². The summed E-state index contributed by atoms with van der Waals surface area (Å²) in [6, 6.07) is 0. The molecular weight excluding hydrogens is 67.0 g/mol. The number of hydrogen-bond acceptors (Lipinski definition) is 0. The van der Waals surface area contributed by atoms with Gasteiger partial charge in [0.2, 0.25) is 0 Å². The summed E-state index contributed by atoms with van der Waals surface area (Å²) < 4.78 is 0. The number of rotatable bonds is 0. The van der Waals surface area contributed by atoms with Gasteiger partial charge < -0.3 is 0 Å². The Morgan fingerprint density at radius 2 is 0.800 bits per heavy atom. The third kappa shape index (κ3) is 0.948. The minimum absolute atomic E-state index is 0. The zero-order valence-corrected chi connectivity index (χ0v) is 3.24. The first kappa shape index (κ1) is 4.93. The van der Waals surface area contributed by atoms with Crippen LogP contribution in [0.5, 0.6) is 0 Å². The first-order chi connectivity index (χ1) is 2.00. The second-order valence-electron chi connectivity index (χ2n) is 1.41. The lowest BCUT2D eigenvalue weighted by Gasteiger charge is -2.05. The van der Waals surface area contributed by atoms with Crippen molar-refractivity contribution in [3.63, 3.8) is 0 Å². The van der Waals surface area contributed by atoms with Crippen LogP contribution in [-0.2, 0) is 0 Å². The van der Waals surface area contributed by atoms with Gasteiger partial charge in [-0.2, -0.15) is 0 Å². The maximum absolute atomic E-state index is 1.50. The lowest BCUT2D eigenvalue weighted by molar-refractivity contribution is 0.504. The Morgan fingerprint density at radius 1 is 0.600 bits per heavy atom. The third-order valence-electron chi connectivity index (χ3n) is 1.000. The van der Waals surface area contributed by atoms with Crippen LogP contribution in [0.25, 0.3) is 0 Å². The highest BCUT2D eigenvalue weighted by Crippen LogP contribution is 2.15. The van der Waals surface area contributed by atoms with E-state index >= 15 is 0 Å². The van der Waals surface area contributed by atoms with E-state index in [1.165, 1.54) is 25.7 Å². The van der Waals surface area contributed by atoms with Crippen molar-refractivity contribution in [3.05, 3.63) is 0 Å². The maximum atomic E-state index is 1.50. The number of halogens is 1. The fraction of sp³-hybridized carbons (Fsp3) is 1.00.